The molecule has 0 radical (unpaired) electrons. The fraction of sp³-hybridized carbons (Fsp3) is 0.640. The molecule has 2 aromatic rings. The van der Waals surface area contributed by atoms with Crippen molar-refractivity contribution in [1.82, 2.24) is 24.6 Å². The molecule has 2 aliphatic rings. The smallest absolute Gasteiger partial charge is 0.233 e. The molecule has 4 rings (SSSR count). The Labute approximate surface area is 200 Å². The third-order valence-electron chi connectivity index (χ3n) is 7.31. The van der Waals surface area contributed by atoms with Gasteiger partial charge in [0.15, 0.2) is 11.0 Å². The lowest BCUT2D eigenvalue weighted by Crippen LogP contribution is -2.40. The summed E-state index contributed by atoms with van der Waals surface area (Å²) in [6, 6.07) is 6.86. The van der Waals surface area contributed by atoms with Gasteiger partial charge in [0.25, 0.3) is 0 Å². The predicted octanol–water partition coefficient (Wildman–Crippen LogP) is 5.08. The van der Waals surface area contributed by atoms with E-state index in [9.17, 15) is 9.18 Å². The van der Waals surface area contributed by atoms with Gasteiger partial charge in [-0.2, -0.15) is 0 Å². The highest BCUT2D eigenvalue weighted by Crippen LogP contribution is 2.31. The summed E-state index contributed by atoms with van der Waals surface area (Å²) in [5.41, 5.74) is 0.824. The SMILES string of the molecule is CC1CCC(N(C)C(=O)CSc2nnc(C(C)N3CCCCC3)n2-c2ccc(F)cc2)CC1. The number of benzene rings is 1. The number of likely N-dealkylation sites (tertiary alicyclic amines) is 1. The highest BCUT2D eigenvalue weighted by molar-refractivity contribution is 7.99. The van der Waals surface area contributed by atoms with Crippen LogP contribution >= 0.6 is 11.8 Å². The molecule has 1 unspecified atom stereocenters. The van der Waals surface area contributed by atoms with Crippen LogP contribution in [0, 0.1) is 11.7 Å². The zero-order valence-corrected chi connectivity index (χ0v) is 20.9. The van der Waals surface area contributed by atoms with Crippen molar-refractivity contribution in [2.24, 2.45) is 5.92 Å². The van der Waals surface area contributed by atoms with Crippen molar-refractivity contribution in [2.45, 2.75) is 76.0 Å². The van der Waals surface area contributed by atoms with Crippen molar-refractivity contribution >= 4 is 17.7 Å². The number of thioether (sulfide) groups is 1. The van der Waals surface area contributed by atoms with E-state index in [1.54, 1.807) is 12.1 Å². The van der Waals surface area contributed by atoms with Gasteiger partial charge < -0.3 is 4.90 Å². The number of aromatic nitrogens is 3. The van der Waals surface area contributed by atoms with Gasteiger partial charge in [0, 0.05) is 18.8 Å². The molecule has 0 N–H and O–H groups in total. The monoisotopic (exact) mass is 473 g/mol. The summed E-state index contributed by atoms with van der Waals surface area (Å²) in [5.74, 6) is 1.77. The fourth-order valence-electron chi connectivity index (χ4n) is 5.01. The number of rotatable bonds is 7. The maximum atomic E-state index is 13.6. The first-order valence-corrected chi connectivity index (χ1v) is 13.3. The molecule has 0 bridgehead atoms. The third kappa shape index (κ3) is 5.77. The second-order valence-electron chi connectivity index (χ2n) is 9.63. The lowest BCUT2D eigenvalue weighted by Gasteiger charge is -2.33. The quantitative estimate of drug-likeness (QED) is 0.525. The van der Waals surface area contributed by atoms with Crippen molar-refractivity contribution < 1.29 is 9.18 Å². The third-order valence-corrected chi connectivity index (χ3v) is 8.22. The Morgan fingerprint density at radius 2 is 1.79 bits per heavy atom. The van der Waals surface area contributed by atoms with Gasteiger partial charge >= 0.3 is 0 Å². The molecule has 1 saturated heterocycles. The maximum absolute atomic E-state index is 13.6. The van der Waals surface area contributed by atoms with Gasteiger partial charge in [0.2, 0.25) is 5.91 Å². The second-order valence-corrected chi connectivity index (χ2v) is 10.6. The first-order chi connectivity index (χ1) is 15.9. The molecule has 2 heterocycles. The first-order valence-electron chi connectivity index (χ1n) is 12.3. The lowest BCUT2D eigenvalue weighted by molar-refractivity contribution is -0.129. The van der Waals surface area contributed by atoms with Gasteiger partial charge in [-0.25, -0.2) is 4.39 Å². The van der Waals surface area contributed by atoms with E-state index in [0.717, 1.165) is 43.4 Å². The number of carbonyl (C=O) groups excluding carboxylic acids is 1. The number of halogens is 1. The maximum Gasteiger partial charge on any atom is 0.233 e. The van der Waals surface area contributed by atoms with Crippen LogP contribution in [0.5, 0.6) is 0 Å². The Hall–Kier alpha value is -1.93. The number of nitrogens with zero attached hydrogens (tertiary/aromatic N) is 5. The van der Waals surface area contributed by atoms with Gasteiger partial charge in [-0.1, -0.05) is 25.1 Å². The van der Waals surface area contributed by atoms with Crippen molar-refractivity contribution in [3.63, 3.8) is 0 Å². The van der Waals surface area contributed by atoms with Crippen molar-refractivity contribution in [2.75, 3.05) is 25.9 Å². The molecule has 1 amide bonds. The van der Waals surface area contributed by atoms with Crippen LogP contribution in [-0.4, -0.2) is 62.4 Å². The summed E-state index contributed by atoms with van der Waals surface area (Å²) < 4.78 is 15.6. The van der Waals surface area contributed by atoms with Gasteiger partial charge in [-0.3, -0.25) is 14.3 Å². The fourth-order valence-corrected chi connectivity index (χ4v) is 5.89. The second kappa shape index (κ2) is 11.0. The zero-order chi connectivity index (χ0) is 23.4. The van der Waals surface area contributed by atoms with E-state index in [-0.39, 0.29) is 17.8 Å². The molecule has 6 nitrogen and oxygen atoms in total. The standard InChI is InChI=1S/C25H36FN5OS/c1-18-7-11-21(12-8-18)29(3)23(32)17-33-25-28-27-24(19(2)30-15-5-4-6-16-30)31(25)22-13-9-20(26)10-14-22/h9-10,13-14,18-19,21H,4-8,11-12,15-17H2,1-3H3. The van der Waals surface area contributed by atoms with E-state index in [0.29, 0.717) is 17.0 Å². The van der Waals surface area contributed by atoms with E-state index < -0.39 is 0 Å². The van der Waals surface area contributed by atoms with E-state index in [1.165, 1.54) is 56.0 Å². The van der Waals surface area contributed by atoms with E-state index >= 15 is 0 Å². The minimum Gasteiger partial charge on any atom is -0.342 e. The van der Waals surface area contributed by atoms with Crippen LogP contribution in [0.4, 0.5) is 4.39 Å². The number of piperidine rings is 1. The molecule has 8 heteroatoms. The number of hydrogen-bond acceptors (Lipinski definition) is 5. The summed E-state index contributed by atoms with van der Waals surface area (Å²) in [6.07, 6.45) is 8.19. The van der Waals surface area contributed by atoms with Crippen LogP contribution in [-0.2, 0) is 4.79 Å². The highest BCUT2D eigenvalue weighted by Gasteiger charge is 2.28. The van der Waals surface area contributed by atoms with Gasteiger partial charge in [-0.15, -0.1) is 10.2 Å². The van der Waals surface area contributed by atoms with E-state index in [1.807, 2.05) is 16.5 Å². The molecule has 1 aliphatic carbocycles. The van der Waals surface area contributed by atoms with Crippen molar-refractivity contribution in [3.8, 4) is 5.69 Å². The summed E-state index contributed by atoms with van der Waals surface area (Å²) in [7, 11) is 1.93. The molecule has 1 saturated carbocycles. The van der Waals surface area contributed by atoms with E-state index in [2.05, 4.69) is 28.9 Å². The van der Waals surface area contributed by atoms with Crippen LogP contribution in [0.25, 0.3) is 5.69 Å². The average Bonchev–Trinajstić information content (AvgIpc) is 3.27. The van der Waals surface area contributed by atoms with Gasteiger partial charge in [-0.05, 0) is 88.7 Å². The number of carbonyl (C=O) groups is 1. The van der Waals surface area contributed by atoms with Crippen molar-refractivity contribution in [1.29, 1.82) is 0 Å². The largest absolute Gasteiger partial charge is 0.342 e. The Morgan fingerprint density at radius 1 is 1.12 bits per heavy atom. The molecule has 1 aromatic heterocycles. The van der Waals surface area contributed by atoms with Crippen LogP contribution in [0.3, 0.4) is 0 Å². The minimum atomic E-state index is -0.273. The molecule has 33 heavy (non-hydrogen) atoms. The Bertz CT molecular complexity index is 919. The molecule has 180 valence electrons. The lowest BCUT2D eigenvalue weighted by atomic mass is 9.87. The van der Waals surface area contributed by atoms with Gasteiger partial charge in [0.05, 0.1) is 11.8 Å². The topological polar surface area (TPSA) is 54.3 Å². The zero-order valence-electron chi connectivity index (χ0n) is 20.0. The highest BCUT2D eigenvalue weighted by atomic mass is 32.2. The summed E-state index contributed by atoms with van der Waals surface area (Å²) in [4.78, 5) is 17.3. The summed E-state index contributed by atoms with van der Waals surface area (Å²) in [5, 5.41) is 9.69. The molecule has 1 aromatic carbocycles. The molecule has 1 aliphatic heterocycles. The average molecular weight is 474 g/mol. The van der Waals surface area contributed by atoms with Crippen LogP contribution in [0.15, 0.2) is 29.4 Å². The van der Waals surface area contributed by atoms with Gasteiger partial charge in [0.1, 0.15) is 5.82 Å². The van der Waals surface area contributed by atoms with Crippen LogP contribution < -0.4 is 0 Å². The Kier molecular flexibility index (Phi) is 8.07. The molecular formula is C25H36FN5OS. The molecule has 2 fully saturated rings. The Balaban J connectivity index is 1.51. The minimum absolute atomic E-state index is 0.0970. The summed E-state index contributed by atoms with van der Waals surface area (Å²) >= 11 is 1.42. The van der Waals surface area contributed by atoms with Crippen LogP contribution in [0.1, 0.15) is 70.7 Å². The normalized spacial score (nSPS) is 22.8. The number of hydrogen-bond donors (Lipinski definition) is 0. The van der Waals surface area contributed by atoms with Crippen molar-refractivity contribution in [3.05, 3.63) is 35.9 Å². The summed E-state index contributed by atoms with van der Waals surface area (Å²) in [6.45, 7) is 6.54. The molecule has 1 atom stereocenters. The molecular weight excluding hydrogens is 437 g/mol. The Morgan fingerprint density at radius 3 is 2.45 bits per heavy atom. The predicted molar refractivity (Wildman–Crippen MR) is 130 cm³/mol. The first kappa shape index (κ1) is 24.2. The molecule has 0 spiro atoms. The van der Waals surface area contributed by atoms with E-state index in [4.69, 9.17) is 0 Å². The number of amides is 1. The van der Waals surface area contributed by atoms with Crippen LogP contribution in [0.2, 0.25) is 0 Å².